The molecule has 2 aromatic heterocycles. The molecule has 4 rings (SSSR count). The highest BCUT2D eigenvalue weighted by Gasteiger charge is 2.39. The van der Waals surface area contributed by atoms with E-state index in [-0.39, 0.29) is 17.3 Å². The number of carbonyl (C=O) groups excluding carboxylic acids is 1. The molecule has 1 N–H and O–H groups in total. The van der Waals surface area contributed by atoms with Gasteiger partial charge in [0.05, 0.1) is 0 Å². The van der Waals surface area contributed by atoms with Crippen LogP contribution < -0.4 is 5.32 Å². The predicted octanol–water partition coefficient (Wildman–Crippen LogP) is 1.51. The molecule has 2 aliphatic rings. The van der Waals surface area contributed by atoms with E-state index in [1.807, 2.05) is 19.9 Å². The van der Waals surface area contributed by atoms with Crippen molar-refractivity contribution in [2.24, 2.45) is 0 Å². The number of hydrogen-bond donors (Lipinski definition) is 1. The summed E-state index contributed by atoms with van der Waals surface area (Å²) in [6.45, 7) is 8.16. The van der Waals surface area contributed by atoms with Gasteiger partial charge in [0.1, 0.15) is 0 Å². The summed E-state index contributed by atoms with van der Waals surface area (Å²) in [5, 5.41) is 7.44. The summed E-state index contributed by atoms with van der Waals surface area (Å²) >= 11 is 0. The Morgan fingerprint density at radius 1 is 1.19 bits per heavy atom. The van der Waals surface area contributed by atoms with Crippen molar-refractivity contribution in [3.8, 4) is 0 Å². The van der Waals surface area contributed by atoms with Crippen LogP contribution >= 0.6 is 0 Å². The second kappa shape index (κ2) is 7.52. The van der Waals surface area contributed by atoms with E-state index >= 15 is 0 Å². The zero-order valence-corrected chi connectivity index (χ0v) is 16.2. The third kappa shape index (κ3) is 3.68. The van der Waals surface area contributed by atoms with Gasteiger partial charge in [0, 0.05) is 36.7 Å². The normalized spacial score (nSPS) is 20.7. The number of aryl methyl sites for hydroxylation is 2. The molecule has 0 bridgehead atoms. The first-order chi connectivity index (χ1) is 13.1. The average Bonchev–Trinajstić information content (AvgIpc) is 3.12. The van der Waals surface area contributed by atoms with Crippen molar-refractivity contribution in [2.75, 3.05) is 32.8 Å². The van der Waals surface area contributed by atoms with Crippen molar-refractivity contribution < 1.29 is 9.53 Å². The summed E-state index contributed by atoms with van der Waals surface area (Å²) < 4.78 is 7.22. The van der Waals surface area contributed by atoms with Gasteiger partial charge in [-0.1, -0.05) is 6.42 Å². The van der Waals surface area contributed by atoms with Crippen molar-refractivity contribution in [1.29, 1.82) is 0 Å². The highest BCUT2D eigenvalue weighted by Crippen LogP contribution is 2.30. The summed E-state index contributed by atoms with van der Waals surface area (Å²) in [6.07, 6.45) is 5.66. The minimum absolute atomic E-state index is 0.0156. The monoisotopic (exact) mass is 372 g/mol. The number of fused-ring (bicyclic) bond motifs is 1. The first-order valence-electron chi connectivity index (χ1n) is 9.89. The molecule has 146 valence electrons. The molecule has 2 aromatic rings. The molecule has 1 amide bonds. The van der Waals surface area contributed by atoms with Gasteiger partial charge < -0.3 is 10.1 Å². The molecular weight excluding hydrogens is 344 g/mol. The first kappa shape index (κ1) is 18.3. The Bertz CT molecular complexity index is 821. The molecule has 27 heavy (non-hydrogen) atoms. The number of hydrogen-bond acceptors (Lipinski definition) is 6. The lowest BCUT2D eigenvalue weighted by Gasteiger charge is -2.48. The highest BCUT2D eigenvalue weighted by molar-refractivity contribution is 5.90. The van der Waals surface area contributed by atoms with Gasteiger partial charge in [0.2, 0.25) is 5.82 Å². The molecular formula is C19H28N6O2. The minimum atomic E-state index is -0.236. The van der Waals surface area contributed by atoms with Gasteiger partial charge in [0.25, 0.3) is 11.7 Å². The highest BCUT2D eigenvalue weighted by atomic mass is 16.5. The van der Waals surface area contributed by atoms with E-state index in [0.29, 0.717) is 12.3 Å². The molecule has 2 fully saturated rings. The topological polar surface area (TPSA) is 84.7 Å². The lowest BCUT2D eigenvalue weighted by atomic mass is 9.86. The Morgan fingerprint density at radius 3 is 2.67 bits per heavy atom. The van der Waals surface area contributed by atoms with Crippen LogP contribution in [0.15, 0.2) is 6.07 Å². The van der Waals surface area contributed by atoms with Gasteiger partial charge in [0.15, 0.2) is 0 Å². The zero-order chi connectivity index (χ0) is 18.9. The van der Waals surface area contributed by atoms with Crippen LogP contribution in [0.25, 0.3) is 5.78 Å². The van der Waals surface area contributed by atoms with Crippen molar-refractivity contribution >= 4 is 11.7 Å². The molecule has 8 heteroatoms. The Labute approximate surface area is 159 Å². The van der Waals surface area contributed by atoms with Crippen LogP contribution in [0.5, 0.6) is 0 Å². The molecule has 0 spiro atoms. The molecule has 4 heterocycles. The minimum Gasteiger partial charge on any atom is -0.381 e. The van der Waals surface area contributed by atoms with E-state index in [1.165, 1.54) is 19.3 Å². The zero-order valence-electron chi connectivity index (χ0n) is 16.2. The standard InChI is InChI=1S/C19H28N6O2/c1-14-12-15(2)25-18(21-14)22-16(23-25)17(26)20-13-19(6-10-27-11-7-19)24-8-4-3-5-9-24/h12H,3-11,13H2,1-2H3,(H,20,26). The van der Waals surface area contributed by atoms with Crippen molar-refractivity contribution in [1.82, 2.24) is 29.8 Å². The molecule has 8 nitrogen and oxygen atoms in total. The van der Waals surface area contributed by atoms with Gasteiger partial charge in [-0.3, -0.25) is 9.69 Å². The van der Waals surface area contributed by atoms with Crippen LogP contribution in [-0.2, 0) is 4.74 Å². The van der Waals surface area contributed by atoms with Gasteiger partial charge in [-0.15, -0.1) is 5.10 Å². The molecule has 2 saturated heterocycles. The third-order valence-corrected chi connectivity index (χ3v) is 5.85. The SMILES string of the molecule is Cc1cc(C)n2nc(C(=O)NCC3(N4CCCCC4)CCOCC3)nc2n1. The van der Waals surface area contributed by atoms with Crippen LogP contribution in [-0.4, -0.2) is 68.8 Å². The smallest absolute Gasteiger partial charge is 0.291 e. The van der Waals surface area contributed by atoms with E-state index in [4.69, 9.17) is 4.74 Å². The molecule has 2 aliphatic heterocycles. The molecule has 0 aliphatic carbocycles. The van der Waals surface area contributed by atoms with Crippen molar-refractivity contribution in [3.05, 3.63) is 23.3 Å². The number of amides is 1. The maximum absolute atomic E-state index is 12.8. The van der Waals surface area contributed by atoms with Crippen LogP contribution in [0, 0.1) is 13.8 Å². The van der Waals surface area contributed by atoms with E-state index in [2.05, 4.69) is 25.3 Å². The van der Waals surface area contributed by atoms with E-state index in [9.17, 15) is 4.79 Å². The van der Waals surface area contributed by atoms with Crippen LogP contribution in [0.4, 0.5) is 0 Å². The summed E-state index contributed by atoms with van der Waals surface area (Å²) in [4.78, 5) is 24.0. The number of nitrogens with zero attached hydrogens (tertiary/aromatic N) is 5. The van der Waals surface area contributed by atoms with Crippen LogP contribution in [0.2, 0.25) is 0 Å². The largest absolute Gasteiger partial charge is 0.381 e. The van der Waals surface area contributed by atoms with Gasteiger partial charge >= 0.3 is 0 Å². The molecule has 0 saturated carbocycles. The fourth-order valence-corrected chi connectivity index (χ4v) is 4.31. The van der Waals surface area contributed by atoms with Crippen LogP contribution in [0.3, 0.4) is 0 Å². The fraction of sp³-hybridized carbons (Fsp3) is 0.684. The Balaban J connectivity index is 1.50. The number of likely N-dealkylation sites (tertiary alicyclic amines) is 1. The Morgan fingerprint density at radius 2 is 1.93 bits per heavy atom. The second-order valence-corrected chi connectivity index (χ2v) is 7.75. The van der Waals surface area contributed by atoms with Crippen LogP contribution in [0.1, 0.15) is 54.1 Å². The number of carbonyl (C=O) groups is 1. The molecule has 0 radical (unpaired) electrons. The number of nitrogens with one attached hydrogen (secondary N) is 1. The second-order valence-electron chi connectivity index (χ2n) is 7.75. The average molecular weight is 372 g/mol. The van der Waals surface area contributed by atoms with Crippen molar-refractivity contribution in [3.63, 3.8) is 0 Å². The molecule has 0 unspecified atom stereocenters. The lowest BCUT2D eigenvalue weighted by molar-refractivity contribution is -0.0349. The first-order valence-corrected chi connectivity index (χ1v) is 9.89. The number of ether oxygens (including phenoxy) is 1. The molecule has 0 atom stereocenters. The summed E-state index contributed by atoms with van der Waals surface area (Å²) in [5.74, 6) is 0.409. The number of rotatable bonds is 4. The Hall–Kier alpha value is -2.06. The quantitative estimate of drug-likeness (QED) is 0.876. The maximum atomic E-state index is 12.8. The van der Waals surface area contributed by atoms with Crippen molar-refractivity contribution in [2.45, 2.75) is 51.5 Å². The van der Waals surface area contributed by atoms with E-state index < -0.39 is 0 Å². The summed E-state index contributed by atoms with van der Waals surface area (Å²) in [5.41, 5.74) is 1.77. The third-order valence-electron chi connectivity index (χ3n) is 5.85. The molecule has 0 aromatic carbocycles. The van der Waals surface area contributed by atoms with Gasteiger partial charge in [-0.2, -0.15) is 4.98 Å². The predicted molar refractivity (Wildman–Crippen MR) is 101 cm³/mol. The van der Waals surface area contributed by atoms with E-state index in [0.717, 1.165) is 50.5 Å². The summed E-state index contributed by atoms with van der Waals surface area (Å²) in [6, 6.07) is 1.93. The van der Waals surface area contributed by atoms with Gasteiger partial charge in [-0.25, -0.2) is 9.50 Å². The fourth-order valence-electron chi connectivity index (χ4n) is 4.31. The maximum Gasteiger partial charge on any atom is 0.291 e. The lowest BCUT2D eigenvalue weighted by Crippen LogP contribution is -2.59. The van der Waals surface area contributed by atoms with E-state index in [1.54, 1.807) is 4.52 Å². The Kier molecular flexibility index (Phi) is 5.10. The summed E-state index contributed by atoms with van der Waals surface area (Å²) in [7, 11) is 0. The van der Waals surface area contributed by atoms with Gasteiger partial charge in [-0.05, 0) is 58.7 Å². The number of aromatic nitrogens is 4. The number of piperidine rings is 1.